The van der Waals surface area contributed by atoms with Crippen LogP contribution >= 0.6 is 0 Å². The molecule has 10 rings (SSSR count). The van der Waals surface area contributed by atoms with Crippen LogP contribution in [0.1, 0.15) is 18.2 Å². The highest BCUT2D eigenvalue weighted by Crippen LogP contribution is 2.40. The lowest BCUT2D eigenvalue weighted by Gasteiger charge is -2.14. The van der Waals surface area contributed by atoms with Gasteiger partial charge < -0.3 is 9.13 Å². The van der Waals surface area contributed by atoms with E-state index in [0.29, 0.717) is 0 Å². The van der Waals surface area contributed by atoms with Crippen LogP contribution in [0.4, 0.5) is 0 Å². The molecule has 0 amide bonds. The topological polar surface area (TPSA) is 9.86 Å². The van der Waals surface area contributed by atoms with Gasteiger partial charge in [0.2, 0.25) is 0 Å². The number of para-hydroxylation sites is 2. The third kappa shape index (κ3) is 4.15. The molecule has 0 fully saturated rings. The van der Waals surface area contributed by atoms with Gasteiger partial charge in [-0.15, -0.1) is 0 Å². The molecule has 0 atom stereocenters. The summed E-state index contributed by atoms with van der Waals surface area (Å²) in [5, 5.41) is 11.5. The molecule has 0 radical (unpaired) electrons. The SMILES string of the molecule is C/C=C\c1c(C)n(-c2ccccc2)c2ccc(-c3ccc4c(c3)c3ccccc3n4-c3ccc4c5ccccc5c5ccccc5c4c3)cc12. The number of allylic oxidation sites excluding steroid dienone is 1. The van der Waals surface area contributed by atoms with E-state index < -0.39 is 0 Å². The largest absolute Gasteiger partial charge is 0.313 e. The first-order chi connectivity index (χ1) is 24.7. The van der Waals surface area contributed by atoms with Crippen LogP contribution in [0.3, 0.4) is 0 Å². The summed E-state index contributed by atoms with van der Waals surface area (Å²) in [4.78, 5) is 0. The van der Waals surface area contributed by atoms with E-state index >= 15 is 0 Å². The Balaban J connectivity index is 1.18. The van der Waals surface area contributed by atoms with Crippen LogP contribution in [-0.4, -0.2) is 9.13 Å². The fourth-order valence-corrected chi connectivity index (χ4v) is 8.37. The molecule has 2 heteroatoms. The van der Waals surface area contributed by atoms with Crippen molar-refractivity contribution in [2.45, 2.75) is 13.8 Å². The Morgan fingerprint density at radius 2 is 0.900 bits per heavy atom. The van der Waals surface area contributed by atoms with Gasteiger partial charge in [-0.2, -0.15) is 0 Å². The van der Waals surface area contributed by atoms with Crippen LogP contribution in [0, 0.1) is 6.92 Å². The van der Waals surface area contributed by atoms with E-state index in [0.717, 1.165) is 0 Å². The minimum Gasteiger partial charge on any atom is -0.313 e. The second-order valence-electron chi connectivity index (χ2n) is 13.3. The summed E-state index contributed by atoms with van der Waals surface area (Å²) in [7, 11) is 0. The summed E-state index contributed by atoms with van der Waals surface area (Å²) in [6.45, 7) is 4.32. The van der Waals surface area contributed by atoms with Crippen molar-refractivity contribution in [3.05, 3.63) is 175 Å². The highest BCUT2D eigenvalue weighted by molar-refractivity contribution is 6.25. The van der Waals surface area contributed by atoms with Gasteiger partial charge in [-0.25, -0.2) is 0 Å². The molecule has 0 aliphatic carbocycles. The monoisotopic (exact) mass is 638 g/mol. The first kappa shape index (κ1) is 28.6. The average Bonchev–Trinajstić information content (AvgIpc) is 3.65. The average molecular weight is 639 g/mol. The maximum absolute atomic E-state index is 2.44. The van der Waals surface area contributed by atoms with Gasteiger partial charge in [0.15, 0.2) is 0 Å². The molecule has 2 aromatic heterocycles. The molecule has 2 nitrogen and oxygen atoms in total. The van der Waals surface area contributed by atoms with Crippen LogP contribution in [0.2, 0.25) is 0 Å². The van der Waals surface area contributed by atoms with Crippen molar-refractivity contribution in [1.29, 1.82) is 0 Å². The number of aromatic nitrogens is 2. The molecule has 0 aliphatic rings. The van der Waals surface area contributed by atoms with Gasteiger partial charge in [-0.3, -0.25) is 0 Å². The van der Waals surface area contributed by atoms with Crippen molar-refractivity contribution in [2.75, 3.05) is 0 Å². The third-order valence-electron chi connectivity index (χ3n) is 10.6. The van der Waals surface area contributed by atoms with E-state index in [4.69, 9.17) is 0 Å². The van der Waals surface area contributed by atoms with Gasteiger partial charge in [0.25, 0.3) is 0 Å². The van der Waals surface area contributed by atoms with Gasteiger partial charge in [-0.1, -0.05) is 115 Å². The van der Waals surface area contributed by atoms with E-state index in [-0.39, 0.29) is 0 Å². The van der Waals surface area contributed by atoms with E-state index in [1.165, 1.54) is 98.8 Å². The molecule has 50 heavy (non-hydrogen) atoms. The number of benzene rings is 8. The third-order valence-corrected chi connectivity index (χ3v) is 10.6. The molecule has 2 heterocycles. The summed E-state index contributed by atoms with van der Waals surface area (Å²) in [5.74, 6) is 0. The minimum absolute atomic E-state index is 1.17. The standard InChI is InChI=1S/C48H34N2/c1-3-13-36-31(2)49(34-14-5-4-6-15-34)47-26-22-32(28-44(36)47)33-23-27-48-45(29-33)42-20-11-12-21-46(42)50(48)35-24-25-41-39-18-8-7-16-37(39)38-17-9-10-19-40(38)43(41)30-35/h3-30H,1-2H3/b13-3-. The zero-order valence-electron chi connectivity index (χ0n) is 28.1. The van der Waals surface area contributed by atoms with Gasteiger partial charge in [0.05, 0.1) is 16.6 Å². The smallest absolute Gasteiger partial charge is 0.0541 e. The second-order valence-corrected chi connectivity index (χ2v) is 13.3. The first-order valence-corrected chi connectivity index (χ1v) is 17.4. The van der Waals surface area contributed by atoms with Crippen molar-refractivity contribution in [3.8, 4) is 22.5 Å². The van der Waals surface area contributed by atoms with E-state index in [1.54, 1.807) is 0 Å². The first-order valence-electron chi connectivity index (χ1n) is 17.4. The molecule has 0 aliphatic heterocycles. The summed E-state index contributed by atoms with van der Waals surface area (Å²) in [6.07, 6.45) is 4.38. The van der Waals surface area contributed by atoms with Gasteiger partial charge >= 0.3 is 0 Å². The normalized spacial score (nSPS) is 12.1. The lowest BCUT2D eigenvalue weighted by Crippen LogP contribution is -1.96. The molecular weight excluding hydrogens is 605 g/mol. The summed E-state index contributed by atoms with van der Waals surface area (Å²) in [6, 6.07) is 58.0. The minimum atomic E-state index is 1.17. The quantitative estimate of drug-likeness (QED) is 0.170. The molecule has 8 aromatic carbocycles. The van der Waals surface area contributed by atoms with Crippen LogP contribution in [0.5, 0.6) is 0 Å². The summed E-state index contributed by atoms with van der Waals surface area (Å²) in [5.41, 5.74) is 10.9. The lowest BCUT2D eigenvalue weighted by molar-refractivity contribution is 1.05. The lowest BCUT2D eigenvalue weighted by atomic mass is 9.94. The molecule has 0 saturated heterocycles. The molecule has 236 valence electrons. The van der Waals surface area contributed by atoms with Crippen molar-refractivity contribution in [3.63, 3.8) is 0 Å². The highest BCUT2D eigenvalue weighted by Gasteiger charge is 2.18. The summed E-state index contributed by atoms with van der Waals surface area (Å²) < 4.78 is 4.81. The van der Waals surface area contributed by atoms with Crippen molar-refractivity contribution in [2.24, 2.45) is 0 Å². The Morgan fingerprint density at radius 1 is 0.380 bits per heavy atom. The van der Waals surface area contributed by atoms with Gasteiger partial charge in [-0.05, 0) is 112 Å². The number of rotatable bonds is 4. The van der Waals surface area contributed by atoms with Crippen molar-refractivity contribution < 1.29 is 0 Å². The van der Waals surface area contributed by atoms with E-state index in [1.807, 2.05) is 0 Å². The fourth-order valence-electron chi connectivity index (χ4n) is 8.37. The Labute approximate surface area is 290 Å². The molecule has 10 aromatic rings. The highest BCUT2D eigenvalue weighted by atomic mass is 15.0. The molecule has 0 bridgehead atoms. The fraction of sp³-hybridized carbons (Fsp3) is 0.0417. The molecular formula is C48H34N2. The maximum Gasteiger partial charge on any atom is 0.0541 e. The number of hydrogen-bond donors (Lipinski definition) is 0. The van der Waals surface area contributed by atoms with Crippen LogP contribution in [-0.2, 0) is 0 Å². The predicted octanol–water partition coefficient (Wildman–Crippen LogP) is 13.2. The Morgan fingerprint density at radius 3 is 1.56 bits per heavy atom. The Bertz CT molecular complexity index is 2950. The predicted molar refractivity (Wildman–Crippen MR) is 215 cm³/mol. The second kappa shape index (κ2) is 11.1. The van der Waals surface area contributed by atoms with E-state index in [2.05, 4.69) is 193 Å². The maximum atomic E-state index is 2.44. The van der Waals surface area contributed by atoms with Crippen molar-refractivity contribution >= 4 is 71.1 Å². The number of nitrogens with zero attached hydrogens (tertiary/aromatic N) is 2. The van der Waals surface area contributed by atoms with Crippen LogP contribution < -0.4 is 0 Å². The zero-order chi connectivity index (χ0) is 33.3. The number of fused-ring (bicyclic) bond motifs is 10. The number of hydrogen-bond acceptors (Lipinski definition) is 0. The molecule has 0 saturated carbocycles. The molecule has 0 spiro atoms. The van der Waals surface area contributed by atoms with Gasteiger partial charge in [0.1, 0.15) is 0 Å². The Hall–Kier alpha value is -6.38. The van der Waals surface area contributed by atoms with Crippen LogP contribution in [0.25, 0.3) is 93.6 Å². The zero-order valence-corrected chi connectivity index (χ0v) is 28.1. The Kier molecular flexibility index (Phi) is 6.34. The van der Waals surface area contributed by atoms with E-state index in [9.17, 15) is 0 Å². The van der Waals surface area contributed by atoms with Gasteiger partial charge in [0, 0.05) is 38.8 Å². The molecule has 0 N–H and O–H groups in total. The molecule has 0 unspecified atom stereocenters. The summed E-state index contributed by atoms with van der Waals surface area (Å²) >= 11 is 0. The van der Waals surface area contributed by atoms with Crippen molar-refractivity contribution in [1.82, 2.24) is 9.13 Å². The van der Waals surface area contributed by atoms with Crippen LogP contribution in [0.15, 0.2) is 164 Å².